The summed E-state index contributed by atoms with van der Waals surface area (Å²) in [7, 11) is 2.06. The fourth-order valence-electron chi connectivity index (χ4n) is 1.18. The van der Waals surface area contributed by atoms with Crippen molar-refractivity contribution in [1.82, 2.24) is 4.90 Å². The van der Waals surface area contributed by atoms with Gasteiger partial charge in [0.15, 0.2) is 6.23 Å². The Labute approximate surface area is 61.8 Å². The molecular formula is C8H13NO. The first-order valence-corrected chi connectivity index (χ1v) is 3.54. The summed E-state index contributed by atoms with van der Waals surface area (Å²) in [4.78, 5) is 2.19. The zero-order valence-corrected chi connectivity index (χ0v) is 6.34. The molecule has 10 heavy (non-hydrogen) atoms. The molecule has 0 N–H and O–H groups in total. The predicted molar refractivity (Wildman–Crippen MR) is 40.4 cm³/mol. The zero-order chi connectivity index (χ0) is 7.40. The van der Waals surface area contributed by atoms with Crippen LogP contribution in [0.1, 0.15) is 12.8 Å². The Morgan fingerprint density at radius 3 is 3.10 bits per heavy atom. The average Bonchev–Trinajstić information content (AvgIpc) is 2.31. The van der Waals surface area contributed by atoms with Gasteiger partial charge in [-0.3, -0.25) is 4.90 Å². The summed E-state index contributed by atoms with van der Waals surface area (Å²) in [5, 5.41) is 0. The molecule has 1 aliphatic rings. The highest BCUT2D eigenvalue weighted by Crippen LogP contribution is 2.15. The molecule has 0 spiro atoms. The molecule has 2 heteroatoms. The van der Waals surface area contributed by atoms with E-state index in [1.807, 2.05) is 0 Å². The molecule has 0 amide bonds. The third-order valence-corrected chi connectivity index (χ3v) is 1.76. The molecular weight excluding hydrogens is 126 g/mol. The average molecular weight is 139 g/mol. The van der Waals surface area contributed by atoms with Crippen LogP contribution in [0.2, 0.25) is 0 Å². The molecule has 0 aliphatic carbocycles. The summed E-state index contributed by atoms with van der Waals surface area (Å²) >= 11 is 0. The Balaban J connectivity index is 2.32. The molecule has 0 unspecified atom stereocenters. The second-order valence-electron chi connectivity index (χ2n) is 2.54. The zero-order valence-electron chi connectivity index (χ0n) is 6.34. The van der Waals surface area contributed by atoms with E-state index in [0.717, 1.165) is 13.0 Å². The van der Waals surface area contributed by atoms with Gasteiger partial charge < -0.3 is 4.74 Å². The van der Waals surface area contributed by atoms with Crippen molar-refractivity contribution in [3.05, 3.63) is 18.6 Å². The molecule has 56 valence electrons. The van der Waals surface area contributed by atoms with E-state index in [2.05, 4.69) is 24.3 Å². The van der Waals surface area contributed by atoms with Crippen molar-refractivity contribution in [2.45, 2.75) is 19.1 Å². The highest BCUT2D eigenvalue weighted by molar-refractivity contribution is 4.72. The monoisotopic (exact) mass is 139 g/mol. The summed E-state index contributed by atoms with van der Waals surface area (Å²) in [6.07, 6.45) is 4.14. The Morgan fingerprint density at radius 1 is 1.80 bits per heavy atom. The maximum absolute atomic E-state index is 5.29. The highest BCUT2D eigenvalue weighted by atomic mass is 16.5. The third-order valence-electron chi connectivity index (χ3n) is 1.76. The van der Waals surface area contributed by atoms with E-state index in [4.69, 9.17) is 4.74 Å². The fraction of sp³-hybridized carbons (Fsp3) is 0.625. The van der Waals surface area contributed by atoms with Crippen molar-refractivity contribution < 1.29 is 4.74 Å². The highest BCUT2D eigenvalue weighted by Gasteiger charge is 2.20. The van der Waals surface area contributed by atoms with Gasteiger partial charge in [0.05, 0.1) is 0 Å². The largest absolute Gasteiger partial charge is 0.475 e. The van der Waals surface area contributed by atoms with Crippen LogP contribution in [0.25, 0.3) is 0 Å². The number of ether oxygens (including phenoxy) is 1. The van der Waals surface area contributed by atoms with Crippen molar-refractivity contribution in [2.75, 3.05) is 13.6 Å². The van der Waals surface area contributed by atoms with Crippen molar-refractivity contribution in [3.8, 4) is 0 Å². The number of likely N-dealkylation sites (tertiary alicyclic amines) is 1. The van der Waals surface area contributed by atoms with E-state index >= 15 is 0 Å². The molecule has 0 saturated carbocycles. The summed E-state index contributed by atoms with van der Waals surface area (Å²) in [6.45, 7) is 4.56. The van der Waals surface area contributed by atoms with Gasteiger partial charge >= 0.3 is 0 Å². The van der Waals surface area contributed by atoms with Crippen LogP contribution in [0.5, 0.6) is 0 Å². The van der Waals surface area contributed by atoms with E-state index in [0.29, 0.717) is 0 Å². The van der Waals surface area contributed by atoms with E-state index in [1.165, 1.54) is 12.7 Å². The Bertz CT molecular complexity index is 149. The van der Waals surface area contributed by atoms with Gasteiger partial charge in [0.2, 0.25) is 0 Å². The van der Waals surface area contributed by atoms with E-state index < -0.39 is 0 Å². The lowest BCUT2D eigenvalue weighted by Crippen LogP contribution is -2.25. The van der Waals surface area contributed by atoms with Gasteiger partial charge in [0.25, 0.3) is 0 Å². The summed E-state index contributed by atoms with van der Waals surface area (Å²) in [5.74, 6) is 0. The molecule has 1 aliphatic heterocycles. The summed E-state index contributed by atoms with van der Waals surface area (Å²) < 4.78 is 5.29. The van der Waals surface area contributed by atoms with Crippen LogP contribution in [0.3, 0.4) is 0 Å². The van der Waals surface area contributed by atoms with Crippen molar-refractivity contribution >= 4 is 0 Å². The Kier molecular flexibility index (Phi) is 2.55. The van der Waals surface area contributed by atoms with Gasteiger partial charge in [-0.25, -0.2) is 0 Å². The van der Waals surface area contributed by atoms with Gasteiger partial charge in [-0.2, -0.15) is 0 Å². The molecule has 2 nitrogen and oxygen atoms in total. The smallest absolute Gasteiger partial charge is 0.152 e. The van der Waals surface area contributed by atoms with E-state index in [9.17, 15) is 0 Å². The Morgan fingerprint density at radius 2 is 2.60 bits per heavy atom. The number of nitrogens with zero attached hydrogens (tertiary/aromatic N) is 1. The standard InChI is InChI=1S/C8H13NO/c1-3-7-10-8-5-4-6-9(8)2/h7-8H,1,4-6H2,2H3/t8-/m0/s1. The van der Waals surface area contributed by atoms with Gasteiger partial charge in [-0.05, 0) is 19.9 Å². The van der Waals surface area contributed by atoms with Crippen LogP contribution < -0.4 is 0 Å². The molecule has 0 radical (unpaired) electrons. The van der Waals surface area contributed by atoms with Crippen LogP contribution in [-0.2, 0) is 4.74 Å². The summed E-state index contributed by atoms with van der Waals surface area (Å²) in [5.41, 5.74) is 2.59. The first kappa shape index (κ1) is 7.39. The van der Waals surface area contributed by atoms with E-state index in [-0.39, 0.29) is 6.23 Å². The first-order chi connectivity index (χ1) is 4.84. The fourth-order valence-corrected chi connectivity index (χ4v) is 1.18. The minimum absolute atomic E-state index is 0.259. The second kappa shape index (κ2) is 3.45. The lowest BCUT2D eigenvalue weighted by atomic mass is 10.4. The summed E-state index contributed by atoms with van der Waals surface area (Å²) in [6, 6.07) is 0. The minimum Gasteiger partial charge on any atom is -0.475 e. The van der Waals surface area contributed by atoms with Crippen molar-refractivity contribution in [2.24, 2.45) is 0 Å². The molecule has 0 aromatic carbocycles. The SMILES string of the molecule is C=C=CO[C@H]1CCCN1C. The molecule has 0 bridgehead atoms. The minimum atomic E-state index is 0.259. The normalized spacial score (nSPS) is 25.9. The molecule has 0 aromatic heterocycles. The topological polar surface area (TPSA) is 12.5 Å². The maximum atomic E-state index is 5.29. The molecule has 1 fully saturated rings. The Hall–Kier alpha value is -0.720. The molecule has 1 saturated heterocycles. The third kappa shape index (κ3) is 1.63. The van der Waals surface area contributed by atoms with Crippen LogP contribution in [-0.4, -0.2) is 24.7 Å². The molecule has 1 heterocycles. The second-order valence-corrected chi connectivity index (χ2v) is 2.54. The van der Waals surface area contributed by atoms with E-state index in [1.54, 1.807) is 0 Å². The quantitative estimate of drug-likeness (QED) is 0.423. The maximum Gasteiger partial charge on any atom is 0.152 e. The van der Waals surface area contributed by atoms with Crippen molar-refractivity contribution in [1.29, 1.82) is 0 Å². The number of hydrogen-bond acceptors (Lipinski definition) is 2. The van der Waals surface area contributed by atoms with Crippen LogP contribution in [0.15, 0.2) is 18.6 Å². The van der Waals surface area contributed by atoms with Gasteiger partial charge in [-0.1, -0.05) is 12.3 Å². The van der Waals surface area contributed by atoms with Crippen LogP contribution >= 0.6 is 0 Å². The molecule has 0 aromatic rings. The number of hydrogen-bond donors (Lipinski definition) is 0. The van der Waals surface area contributed by atoms with Gasteiger partial charge in [-0.15, -0.1) is 0 Å². The molecule has 1 rings (SSSR count). The number of rotatable bonds is 2. The first-order valence-electron chi connectivity index (χ1n) is 3.54. The van der Waals surface area contributed by atoms with Gasteiger partial charge in [0.1, 0.15) is 6.26 Å². The predicted octanol–water partition coefficient (Wildman–Crippen LogP) is 1.35. The van der Waals surface area contributed by atoms with Crippen LogP contribution in [0, 0.1) is 0 Å². The van der Waals surface area contributed by atoms with Crippen molar-refractivity contribution in [3.63, 3.8) is 0 Å². The van der Waals surface area contributed by atoms with Crippen LogP contribution in [0.4, 0.5) is 0 Å². The van der Waals surface area contributed by atoms with Gasteiger partial charge in [0, 0.05) is 6.54 Å². The molecule has 1 atom stereocenters. The lowest BCUT2D eigenvalue weighted by Gasteiger charge is -2.17. The lowest BCUT2D eigenvalue weighted by molar-refractivity contribution is 0.0402.